The number of rotatable bonds is 8. The van der Waals surface area contributed by atoms with E-state index in [1.807, 2.05) is 26.0 Å². The van der Waals surface area contributed by atoms with Crippen molar-refractivity contribution in [1.82, 2.24) is 19.9 Å². The number of aliphatic carboxylic acids is 2. The molecule has 0 spiro atoms. The SMILES string of the molecule is CCC1=C(C)c2cc3[nH]c(cc4nc(cc5[nH]c(cc1n2)c(C)c5CCC(=O)O)C(CCC(=O)O)=C4C)c(C)c3CC.Cl.Cl. The van der Waals surface area contributed by atoms with Crippen molar-refractivity contribution in [2.24, 2.45) is 0 Å². The van der Waals surface area contributed by atoms with Gasteiger partial charge in [-0.05, 0) is 122 Å². The van der Waals surface area contributed by atoms with E-state index in [0.29, 0.717) is 18.5 Å². The molecule has 10 heteroatoms. The first-order valence-electron chi connectivity index (χ1n) is 14.6. The minimum atomic E-state index is -0.864. The van der Waals surface area contributed by atoms with E-state index >= 15 is 0 Å². The summed E-state index contributed by atoms with van der Waals surface area (Å²) in [6, 6.07) is 8.19. The van der Waals surface area contributed by atoms with Crippen LogP contribution in [0.25, 0.3) is 44.4 Å². The first kappa shape index (κ1) is 34.6. The van der Waals surface area contributed by atoms with Crippen molar-refractivity contribution < 1.29 is 19.8 Å². The van der Waals surface area contributed by atoms with Crippen LogP contribution in [0.3, 0.4) is 0 Å². The molecule has 5 rings (SSSR count). The van der Waals surface area contributed by atoms with Crippen LogP contribution in [0.5, 0.6) is 0 Å². The third kappa shape index (κ3) is 6.47. The highest BCUT2D eigenvalue weighted by atomic mass is 35.5. The normalized spacial score (nSPS) is 12.7. The summed E-state index contributed by atoms with van der Waals surface area (Å²) in [7, 11) is 0. The first-order chi connectivity index (χ1) is 20.0. The second kappa shape index (κ2) is 13.8. The van der Waals surface area contributed by atoms with Crippen molar-refractivity contribution in [2.75, 3.05) is 0 Å². The molecular weight excluding hydrogens is 599 g/mol. The van der Waals surface area contributed by atoms with E-state index in [2.05, 4.69) is 49.8 Å². The predicted octanol–water partition coefficient (Wildman–Crippen LogP) is 8.49. The maximum absolute atomic E-state index is 11.5. The van der Waals surface area contributed by atoms with Crippen LogP contribution < -0.4 is 0 Å². The molecule has 0 radical (unpaired) electrons. The summed E-state index contributed by atoms with van der Waals surface area (Å²) < 4.78 is 0. The van der Waals surface area contributed by atoms with Crippen molar-refractivity contribution >= 4 is 81.1 Å². The smallest absolute Gasteiger partial charge is 0.303 e. The largest absolute Gasteiger partial charge is 0.481 e. The van der Waals surface area contributed by atoms with Crippen molar-refractivity contribution in [3.8, 4) is 0 Å². The van der Waals surface area contributed by atoms with E-state index in [4.69, 9.17) is 9.97 Å². The molecule has 0 amide bonds. The lowest BCUT2D eigenvalue weighted by molar-refractivity contribution is -0.137. The monoisotopic (exact) mass is 638 g/mol. The van der Waals surface area contributed by atoms with Crippen molar-refractivity contribution in [1.29, 1.82) is 0 Å². The summed E-state index contributed by atoms with van der Waals surface area (Å²) in [6.45, 7) is 12.5. The molecule has 8 nitrogen and oxygen atoms in total. The average Bonchev–Trinajstić information content (AvgIpc) is 3.59. The van der Waals surface area contributed by atoms with Crippen molar-refractivity contribution in [3.05, 3.63) is 69.3 Å². The highest BCUT2D eigenvalue weighted by Crippen LogP contribution is 2.36. The molecule has 8 bridgehead atoms. The Labute approximate surface area is 269 Å². The lowest BCUT2D eigenvalue weighted by Gasteiger charge is -2.03. The van der Waals surface area contributed by atoms with Gasteiger partial charge in [-0.2, -0.15) is 0 Å². The molecule has 0 saturated heterocycles. The van der Waals surface area contributed by atoms with Gasteiger partial charge in [-0.15, -0.1) is 24.8 Å². The molecule has 0 atom stereocenters. The molecular formula is C34H40Cl2N4O4. The standard InChI is InChI=1S/C34H38N4O4.2ClH/c1-7-21-17(3)25-13-26-19(5)23(9-11-33(39)40)31(37-26)16-32-24(10-12-34(41)42)20(6)28(38-32)15-30-22(8-2)18(4)27(36-30)14-29(21)35-25;;/h13-16,35,38H,7-12H2,1-6H3,(H,39,40)(H,41,42);2*1H. The molecule has 0 unspecified atom stereocenters. The molecule has 44 heavy (non-hydrogen) atoms. The molecule has 2 aliphatic rings. The number of hydrogen-bond acceptors (Lipinski definition) is 4. The molecule has 4 N–H and O–H groups in total. The van der Waals surface area contributed by atoms with Gasteiger partial charge < -0.3 is 20.2 Å². The minimum absolute atomic E-state index is 0. The molecule has 0 saturated carbocycles. The summed E-state index contributed by atoms with van der Waals surface area (Å²) >= 11 is 0. The molecule has 3 aromatic heterocycles. The Balaban J connectivity index is 0.00000264. The van der Waals surface area contributed by atoms with Gasteiger partial charge in [-0.3, -0.25) is 9.59 Å². The number of halogens is 2. The number of nitrogens with one attached hydrogen (secondary N) is 2. The number of carboxylic acid groups (broad SMARTS) is 2. The molecule has 0 aromatic carbocycles. The van der Waals surface area contributed by atoms with E-state index in [-0.39, 0.29) is 37.7 Å². The highest BCUT2D eigenvalue weighted by molar-refractivity contribution is 5.95. The van der Waals surface area contributed by atoms with Crippen molar-refractivity contribution in [2.45, 2.75) is 80.1 Å². The fraction of sp³-hybridized carbons (Fsp3) is 0.353. The lowest BCUT2D eigenvalue weighted by Crippen LogP contribution is -1.98. The van der Waals surface area contributed by atoms with Crippen LogP contribution in [0, 0.1) is 13.8 Å². The van der Waals surface area contributed by atoms with Crippen LogP contribution in [-0.4, -0.2) is 42.1 Å². The molecule has 3 aromatic rings. The van der Waals surface area contributed by atoms with E-state index in [1.165, 1.54) is 11.1 Å². The van der Waals surface area contributed by atoms with Crippen molar-refractivity contribution in [3.63, 3.8) is 0 Å². The van der Waals surface area contributed by atoms with E-state index in [0.717, 1.165) is 85.4 Å². The second-order valence-corrected chi connectivity index (χ2v) is 11.2. The zero-order valence-corrected chi connectivity index (χ0v) is 27.6. The van der Waals surface area contributed by atoms with Gasteiger partial charge in [-0.1, -0.05) is 13.8 Å². The Morgan fingerprint density at radius 1 is 0.614 bits per heavy atom. The van der Waals surface area contributed by atoms with Crippen LogP contribution in [-0.2, 0) is 22.4 Å². The van der Waals surface area contributed by atoms with E-state index < -0.39 is 11.9 Å². The Morgan fingerprint density at radius 2 is 1.05 bits per heavy atom. The third-order valence-corrected chi connectivity index (χ3v) is 8.69. The summed E-state index contributed by atoms with van der Waals surface area (Å²) in [5, 5.41) is 18.9. The fourth-order valence-corrected chi connectivity index (χ4v) is 6.22. The predicted molar refractivity (Wildman–Crippen MR) is 182 cm³/mol. The second-order valence-electron chi connectivity index (χ2n) is 11.2. The topological polar surface area (TPSA) is 132 Å². The third-order valence-electron chi connectivity index (χ3n) is 8.69. The number of H-pyrrole nitrogens is 2. The Morgan fingerprint density at radius 3 is 1.59 bits per heavy atom. The number of aryl methyl sites for hydroxylation is 4. The summed E-state index contributed by atoms with van der Waals surface area (Å²) in [6.07, 6.45) is 2.39. The van der Waals surface area contributed by atoms with Gasteiger partial charge in [0.15, 0.2) is 0 Å². The molecule has 2 aliphatic heterocycles. The first-order valence-corrected chi connectivity index (χ1v) is 14.6. The zero-order chi connectivity index (χ0) is 30.3. The van der Waals surface area contributed by atoms with Gasteiger partial charge in [0.2, 0.25) is 0 Å². The van der Waals surface area contributed by atoms with Crippen LogP contribution in [0.2, 0.25) is 0 Å². The summed E-state index contributed by atoms with van der Waals surface area (Å²) in [5.74, 6) is -1.72. The number of carbonyl (C=O) groups is 2. The van der Waals surface area contributed by atoms with Gasteiger partial charge in [0.1, 0.15) is 0 Å². The van der Waals surface area contributed by atoms with E-state index in [1.54, 1.807) is 0 Å². The summed E-state index contributed by atoms with van der Waals surface area (Å²) in [5.41, 5.74) is 15.4. The number of allylic oxidation sites excluding steroid dienone is 4. The zero-order valence-electron chi connectivity index (χ0n) is 26.0. The molecule has 0 fully saturated rings. The van der Waals surface area contributed by atoms with Gasteiger partial charge >= 0.3 is 11.9 Å². The number of aromatic amines is 2. The lowest BCUT2D eigenvalue weighted by atomic mass is 10.00. The van der Waals surface area contributed by atoms with Gasteiger partial charge in [-0.25, -0.2) is 9.97 Å². The number of nitrogens with zero attached hydrogens (tertiary/aromatic N) is 2. The van der Waals surface area contributed by atoms with E-state index in [9.17, 15) is 19.8 Å². The summed E-state index contributed by atoms with van der Waals surface area (Å²) in [4.78, 5) is 40.3. The average molecular weight is 640 g/mol. The van der Waals surface area contributed by atoms with Gasteiger partial charge in [0.25, 0.3) is 0 Å². The molecule has 0 aliphatic carbocycles. The Bertz CT molecular complexity index is 1860. The fourth-order valence-electron chi connectivity index (χ4n) is 6.22. The number of hydrogen-bond donors (Lipinski definition) is 4. The maximum Gasteiger partial charge on any atom is 0.303 e. The number of carboxylic acids is 2. The number of fused-ring (bicyclic) bond motifs is 8. The van der Waals surface area contributed by atoms with Crippen LogP contribution in [0.4, 0.5) is 0 Å². The van der Waals surface area contributed by atoms with Crippen LogP contribution in [0.15, 0.2) is 24.3 Å². The Hall–Kier alpha value is -3.88. The molecule has 5 heterocycles. The number of aromatic nitrogens is 4. The van der Waals surface area contributed by atoms with Gasteiger partial charge in [0, 0.05) is 34.9 Å². The van der Waals surface area contributed by atoms with Crippen LogP contribution >= 0.6 is 24.8 Å². The highest BCUT2D eigenvalue weighted by Gasteiger charge is 2.21. The van der Waals surface area contributed by atoms with Gasteiger partial charge in [0.05, 0.1) is 22.8 Å². The molecule has 234 valence electrons. The Kier molecular flexibility index (Phi) is 10.9. The maximum atomic E-state index is 11.5. The minimum Gasteiger partial charge on any atom is -0.481 e. The van der Waals surface area contributed by atoms with Crippen LogP contribution in [0.1, 0.15) is 98.4 Å². The quantitative estimate of drug-likeness (QED) is 0.195.